The van der Waals surface area contributed by atoms with Gasteiger partial charge in [0.05, 0.1) is 0 Å². The number of amides is 2. The molecule has 9 heteroatoms. The summed E-state index contributed by atoms with van der Waals surface area (Å²) in [7, 11) is 0. The largest absolute Gasteiger partial charge is 0.340 e. The molecule has 0 saturated heterocycles. The maximum Gasteiger partial charge on any atom is 0.305 e. The van der Waals surface area contributed by atoms with Crippen LogP contribution in [0, 0.1) is 17.8 Å². The minimum absolute atomic E-state index is 0.00557. The molecule has 5 nitrogen and oxygen atoms in total. The molecular formula is C16H16F4N2O3. The van der Waals surface area contributed by atoms with Crippen molar-refractivity contribution >= 4 is 11.8 Å². The zero-order valence-corrected chi connectivity index (χ0v) is 13.3. The maximum atomic E-state index is 12.8. The Morgan fingerprint density at radius 1 is 1.20 bits per heavy atom. The van der Waals surface area contributed by atoms with Gasteiger partial charge in [-0.25, -0.2) is 14.3 Å². The van der Waals surface area contributed by atoms with Gasteiger partial charge in [-0.3, -0.25) is 14.8 Å². The summed E-state index contributed by atoms with van der Waals surface area (Å²) in [5.41, 5.74) is 1.45. The van der Waals surface area contributed by atoms with E-state index >= 15 is 0 Å². The number of carbonyl (C=O) groups is 2. The Bertz CT molecular complexity index is 675. The molecule has 2 atom stereocenters. The van der Waals surface area contributed by atoms with Gasteiger partial charge in [0.25, 0.3) is 11.8 Å². The second kappa shape index (κ2) is 8.48. The Balaban J connectivity index is 2.91. The standard InChI is InChI=1S/C16H16F4N2O3/c1-9(13(17)18)12(15(24)22-25)21-14(23)11-5-3-10(4-6-11)7-8-16(2,19)20/h3-6,9,12-13,25H,1-2H3,(H,21,23)(H,22,24). The number of hydrogen-bond donors (Lipinski definition) is 3. The van der Waals surface area contributed by atoms with E-state index in [0.717, 1.165) is 6.92 Å². The van der Waals surface area contributed by atoms with E-state index in [4.69, 9.17) is 5.21 Å². The molecule has 2 unspecified atom stereocenters. The molecule has 0 heterocycles. The van der Waals surface area contributed by atoms with Crippen LogP contribution in [0.1, 0.15) is 29.8 Å². The van der Waals surface area contributed by atoms with Crippen molar-refractivity contribution in [3.05, 3.63) is 35.4 Å². The van der Waals surface area contributed by atoms with Gasteiger partial charge in [-0.1, -0.05) is 12.8 Å². The predicted molar refractivity (Wildman–Crippen MR) is 80.3 cm³/mol. The van der Waals surface area contributed by atoms with E-state index in [1.165, 1.54) is 29.7 Å². The molecule has 0 aliphatic rings. The van der Waals surface area contributed by atoms with E-state index in [9.17, 15) is 27.2 Å². The lowest BCUT2D eigenvalue weighted by molar-refractivity contribution is -0.134. The summed E-state index contributed by atoms with van der Waals surface area (Å²) >= 11 is 0. The zero-order valence-electron chi connectivity index (χ0n) is 13.3. The Morgan fingerprint density at radius 3 is 2.20 bits per heavy atom. The molecule has 1 aromatic rings. The number of alkyl halides is 4. The molecule has 0 aliphatic carbocycles. The third kappa shape index (κ3) is 6.43. The Morgan fingerprint density at radius 2 is 1.76 bits per heavy atom. The average Bonchev–Trinajstić information content (AvgIpc) is 2.56. The number of hydrogen-bond acceptors (Lipinski definition) is 3. The summed E-state index contributed by atoms with van der Waals surface area (Å²) in [6.45, 7) is 1.67. The van der Waals surface area contributed by atoms with Crippen LogP contribution in [0.2, 0.25) is 0 Å². The van der Waals surface area contributed by atoms with Gasteiger partial charge in [-0.2, -0.15) is 8.78 Å². The molecule has 136 valence electrons. The van der Waals surface area contributed by atoms with Crippen LogP contribution in [0.25, 0.3) is 0 Å². The first-order valence-corrected chi connectivity index (χ1v) is 7.09. The van der Waals surface area contributed by atoms with Crippen LogP contribution in [0.15, 0.2) is 24.3 Å². The number of carbonyl (C=O) groups excluding carboxylic acids is 2. The Kier molecular flexibility index (Phi) is 6.94. The van der Waals surface area contributed by atoms with E-state index in [0.29, 0.717) is 6.92 Å². The van der Waals surface area contributed by atoms with Crippen molar-refractivity contribution in [3.63, 3.8) is 0 Å². The molecule has 0 aliphatic heterocycles. The van der Waals surface area contributed by atoms with Gasteiger partial charge in [0.1, 0.15) is 6.04 Å². The molecular weight excluding hydrogens is 344 g/mol. The lowest BCUT2D eigenvalue weighted by atomic mass is 10.0. The Labute approximate surface area is 141 Å². The van der Waals surface area contributed by atoms with Crippen molar-refractivity contribution < 1.29 is 32.4 Å². The monoisotopic (exact) mass is 360 g/mol. The minimum Gasteiger partial charge on any atom is -0.340 e. The van der Waals surface area contributed by atoms with E-state index in [1.807, 2.05) is 0 Å². The van der Waals surface area contributed by atoms with Crippen LogP contribution in [-0.4, -0.2) is 35.4 Å². The van der Waals surface area contributed by atoms with Crippen LogP contribution in [0.5, 0.6) is 0 Å². The van der Waals surface area contributed by atoms with Crippen LogP contribution in [-0.2, 0) is 4.79 Å². The van der Waals surface area contributed by atoms with Gasteiger partial charge >= 0.3 is 5.92 Å². The Hall–Kier alpha value is -2.60. The first-order valence-electron chi connectivity index (χ1n) is 7.09. The highest BCUT2D eigenvalue weighted by atomic mass is 19.3. The van der Waals surface area contributed by atoms with Crippen molar-refractivity contribution in [3.8, 4) is 11.8 Å². The lowest BCUT2D eigenvalue weighted by Crippen LogP contribution is -2.51. The smallest absolute Gasteiger partial charge is 0.305 e. The number of halogens is 4. The van der Waals surface area contributed by atoms with Gasteiger partial charge in [0.15, 0.2) is 0 Å². The number of rotatable bonds is 5. The normalized spacial score (nSPS) is 13.4. The lowest BCUT2D eigenvalue weighted by Gasteiger charge is -2.22. The molecule has 2 amide bonds. The van der Waals surface area contributed by atoms with Crippen LogP contribution >= 0.6 is 0 Å². The average molecular weight is 360 g/mol. The highest BCUT2D eigenvalue weighted by Gasteiger charge is 2.32. The minimum atomic E-state index is -3.16. The highest BCUT2D eigenvalue weighted by Crippen LogP contribution is 2.15. The summed E-state index contributed by atoms with van der Waals surface area (Å²) in [4.78, 5) is 23.5. The van der Waals surface area contributed by atoms with Gasteiger partial charge in [-0.05, 0) is 30.2 Å². The van der Waals surface area contributed by atoms with Gasteiger partial charge in [-0.15, -0.1) is 0 Å². The molecule has 1 aromatic carbocycles. The molecule has 0 fully saturated rings. The van der Waals surface area contributed by atoms with Crippen LogP contribution < -0.4 is 10.8 Å². The van der Waals surface area contributed by atoms with Crippen molar-refractivity contribution in [2.45, 2.75) is 32.2 Å². The second-order valence-electron chi connectivity index (χ2n) is 5.34. The predicted octanol–water partition coefficient (Wildman–Crippen LogP) is 2.20. The molecule has 25 heavy (non-hydrogen) atoms. The molecule has 3 N–H and O–H groups in total. The summed E-state index contributed by atoms with van der Waals surface area (Å²) in [5.74, 6) is -2.80. The summed E-state index contributed by atoms with van der Waals surface area (Å²) < 4.78 is 50.8. The van der Waals surface area contributed by atoms with E-state index in [2.05, 4.69) is 11.2 Å². The summed E-state index contributed by atoms with van der Waals surface area (Å²) in [6, 6.07) is 3.43. The van der Waals surface area contributed by atoms with Gasteiger partial charge in [0, 0.05) is 24.0 Å². The number of benzene rings is 1. The van der Waals surface area contributed by atoms with Crippen molar-refractivity contribution in [2.75, 3.05) is 0 Å². The fourth-order valence-electron chi connectivity index (χ4n) is 1.76. The van der Waals surface area contributed by atoms with Gasteiger partial charge in [0.2, 0.25) is 6.43 Å². The van der Waals surface area contributed by atoms with E-state index in [-0.39, 0.29) is 11.1 Å². The van der Waals surface area contributed by atoms with E-state index in [1.54, 1.807) is 5.92 Å². The van der Waals surface area contributed by atoms with Crippen LogP contribution in [0.3, 0.4) is 0 Å². The summed E-state index contributed by atoms with van der Waals surface area (Å²) in [5, 5.41) is 10.7. The molecule has 0 radical (unpaired) electrons. The molecule has 1 rings (SSSR count). The molecule has 0 bridgehead atoms. The van der Waals surface area contributed by atoms with Crippen molar-refractivity contribution in [2.24, 2.45) is 5.92 Å². The van der Waals surface area contributed by atoms with Crippen molar-refractivity contribution in [1.82, 2.24) is 10.8 Å². The fraction of sp³-hybridized carbons (Fsp3) is 0.375. The molecule has 0 saturated carbocycles. The topological polar surface area (TPSA) is 78.4 Å². The third-order valence-corrected chi connectivity index (χ3v) is 3.18. The SMILES string of the molecule is CC(C(F)F)C(NC(=O)c1ccc(C#CC(C)(F)F)cc1)C(=O)NO. The highest BCUT2D eigenvalue weighted by molar-refractivity contribution is 5.97. The second-order valence-corrected chi connectivity index (χ2v) is 5.34. The van der Waals surface area contributed by atoms with Gasteiger partial charge < -0.3 is 5.32 Å². The first kappa shape index (κ1) is 20.4. The third-order valence-electron chi connectivity index (χ3n) is 3.18. The quantitative estimate of drug-likeness (QED) is 0.326. The number of hydroxylamine groups is 1. The number of nitrogens with one attached hydrogen (secondary N) is 2. The first-order chi connectivity index (χ1) is 11.5. The van der Waals surface area contributed by atoms with E-state index < -0.39 is 36.1 Å². The fourth-order valence-corrected chi connectivity index (χ4v) is 1.76. The molecule has 0 spiro atoms. The maximum absolute atomic E-state index is 12.8. The zero-order chi connectivity index (χ0) is 19.2. The summed E-state index contributed by atoms with van der Waals surface area (Å²) in [6.07, 6.45) is -2.91. The van der Waals surface area contributed by atoms with Crippen molar-refractivity contribution in [1.29, 1.82) is 0 Å². The molecule has 0 aromatic heterocycles. The van der Waals surface area contributed by atoms with Crippen LogP contribution in [0.4, 0.5) is 17.6 Å².